The summed E-state index contributed by atoms with van der Waals surface area (Å²) in [6.07, 6.45) is 1.94. The monoisotopic (exact) mass is 290 g/mol. The van der Waals surface area contributed by atoms with Gasteiger partial charge >= 0.3 is 0 Å². The fourth-order valence-electron chi connectivity index (χ4n) is 3.02. The van der Waals surface area contributed by atoms with Gasteiger partial charge < -0.3 is 9.47 Å². The van der Waals surface area contributed by atoms with E-state index in [2.05, 4.69) is 23.1 Å². The molecule has 1 aromatic carbocycles. The summed E-state index contributed by atoms with van der Waals surface area (Å²) >= 11 is 1.80. The zero-order chi connectivity index (χ0) is 13.4. The molecule has 2 saturated heterocycles. The van der Waals surface area contributed by atoms with E-state index < -0.39 is 0 Å². The zero-order valence-corrected chi connectivity index (χ0v) is 12.2. The number of thiazole rings is 1. The van der Waals surface area contributed by atoms with Crippen LogP contribution in [0.1, 0.15) is 17.8 Å². The average molecular weight is 290 g/mol. The van der Waals surface area contributed by atoms with Crippen LogP contribution in [0, 0.1) is 0 Å². The number of nitrogens with zero attached hydrogens (tertiary/aromatic N) is 2. The molecule has 4 nitrogen and oxygen atoms in total. The van der Waals surface area contributed by atoms with Crippen LogP contribution in [0.5, 0.6) is 0 Å². The van der Waals surface area contributed by atoms with Crippen molar-refractivity contribution in [2.75, 3.05) is 26.3 Å². The third-order valence-corrected chi connectivity index (χ3v) is 5.15. The SMILES string of the molecule is c1ccc2sc(CN3CCC4(CC3)OCCO4)nc2c1. The second kappa shape index (κ2) is 5.07. The van der Waals surface area contributed by atoms with Crippen molar-refractivity contribution in [3.63, 3.8) is 0 Å². The highest BCUT2D eigenvalue weighted by molar-refractivity contribution is 7.18. The first-order valence-electron chi connectivity index (χ1n) is 7.18. The Balaban J connectivity index is 1.42. The highest BCUT2D eigenvalue weighted by atomic mass is 32.1. The number of aromatic nitrogens is 1. The van der Waals surface area contributed by atoms with Crippen LogP contribution in [0.2, 0.25) is 0 Å². The lowest BCUT2D eigenvalue weighted by Crippen LogP contribution is -2.44. The number of rotatable bonds is 2. The van der Waals surface area contributed by atoms with Crippen molar-refractivity contribution in [2.45, 2.75) is 25.2 Å². The van der Waals surface area contributed by atoms with Gasteiger partial charge in [0.2, 0.25) is 0 Å². The van der Waals surface area contributed by atoms with E-state index in [-0.39, 0.29) is 5.79 Å². The summed E-state index contributed by atoms with van der Waals surface area (Å²) in [6, 6.07) is 8.34. The predicted molar refractivity (Wildman–Crippen MR) is 78.8 cm³/mol. The summed E-state index contributed by atoms with van der Waals surface area (Å²) in [5, 5.41) is 1.20. The Morgan fingerprint density at radius 3 is 2.65 bits per heavy atom. The van der Waals surface area contributed by atoms with E-state index in [1.54, 1.807) is 11.3 Å². The Kier molecular flexibility index (Phi) is 3.22. The van der Waals surface area contributed by atoms with Gasteiger partial charge in [0.1, 0.15) is 5.01 Å². The number of fused-ring (bicyclic) bond motifs is 1. The number of ether oxygens (including phenoxy) is 2. The maximum absolute atomic E-state index is 5.77. The minimum Gasteiger partial charge on any atom is -0.347 e. The van der Waals surface area contributed by atoms with Gasteiger partial charge in [0, 0.05) is 25.9 Å². The number of hydrogen-bond acceptors (Lipinski definition) is 5. The second-order valence-electron chi connectivity index (χ2n) is 5.46. The Bertz CT molecular complexity index is 564. The first-order valence-corrected chi connectivity index (χ1v) is 7.99. The molecule has 3 heterocycles. The summed E-state index contributed by atoms with van der Waals surface area (Å²) in [7, 11) is 0. The van der Waals surface area contributed by atoms with Gasteiger partial charge in [-0.3, -0.25) is 4.90 Å². The lowest BCUT2D eigenvalue weighted by molar-refractivity contribution is -0.185. The number of likely N-dealkylation sites (tertiary alicyclic amines) is 1. The van der Waals surface area contributed by atoms with E-state index in [0.29, 0.717) is 0 Å². The number of piperidine rings is 1. The van der Waals surface area contributed by atoms with Crippen LogP contribution < -0.4 is 0 Å². The molecule has 2 aliphatic heterocycles. The second-order valence-corrected chi connectivity index (χ2v) is 6.57. The summed E-state index contributed by atoms with van der Waals surface area (Å²) in [5.74, 6) is -0.274. The highest BCUT2D eigenvalue weighted by Crippen LogP contribution is 2.32. The number of hydrogen-bond donors (Lipinski definition) is 0. The van der Waals surface area contributed by atoms with Gasteiger partial charge in [-0.15, -0.1) is 11.3 Å². The maximum atomic E-state index is 5.77. The fraction of sp³-hybridized carbons (Fsp3) is 0.533. The van der Waals surface area contributed by atoms with Crippen molar-refractivity contribution in [1.82, 2.24) is 9.88 Å². The van der Waals surface area contributed by atoms with E-state index in [1.165, 1.54) is 9.71 Å². The predicted octanol–water partition coefficient (Wildman–Crippen LogP) is 2.64. The molecule has 106 valence electrons. The lowest BCUT2D eigenvalue weighted by Gasteiger charge is -2.37. The van der Waals surface area contributed by atoms with Crippen LogP contribution in [0.15, 0.2) is 24.3 Å². The van der Waals surface area contributed by atoms with E-state index >= 15 is 0 Å². The molecule has 0 atom stereocenters. The van der Waals surface area contributed by atoms with Gasteiger partial charge in [-0.25, -0.2) is 4.98 Å². The molecular weight excluding hydrogens is 272 g/mol. The van der Waals surface area contributed by atoms with Gasteiger partial charge in [-0.2, -0.15) is 0 Å². The Morgan fingerprint density at radius 2 is 1.90 bits per heavy atom. The number of para-hydroxylation sites is 1. The Labute approximate surface area is 122 Å². The summed E-state index contributed by atoms with van der Waals surface area (Å²) in [4.78, 5) is 7.16. The molecule has 4 rings (SSSR count). The van der Waals surface area contributed by atoms with Gasteiger partial charge in [-0.05, 0) is 12.1 Å². The van der Waals surface area contributed by atoms with Gasteiger partial charge in [0.15, 0.2) is 5.79 Å². The third-order valence-electron chi connectivity index (χ3n) is 4.13. The van der Waals surface area contributed by atoms with E-state index in [9.17, 15) is 0 Å². The van der Waals surface area contributed by atoms with Crippen molar-refractivity contribution >= 4 is 21.6 Å². The molecule has 0 aliphatic carbocycles. The molecule has 20 heavy (non-hydrogen) atoms. The Morgan fingerprint density at radius 1 is 1.15 bits per heavy atom. The van der Waals surface area contributed by atoms with Crippen LogP contribution >= 0.6 is 11.3 Å². The fourth-order valence-corrected chi connectivity index (χ4v) is 4.03. The largest absolute Gasteiger partial charge is 0.347 e. The molecule has 2 aromatic rings. The third kappa shape index (κ3) is 2.35. The standard InChI is InChI=1S/C15H18N2O2S/c1-2-4-13-12(3-1)16-14(20-13)11-17-7-5-15(6-8-17)18-9-10-19-15/h1-4H,5-11H2. The molecule has 0 unspecified atom stereocenters. The zero-order valence-electron chi connectivity index (χ0n) is 11.4. The van der Waals surface area contributed by atoms with E-state index in [0.717, 1.165) is 51.2 Å². The lowest BCUT2D eigenvalue weighted by atomic mass is 10.0. The molecule has 0 amide bonds. The van der Waals surface area contributed by atoms with Crippen LogP contribution in [0.25, 0.3) is 10.2 Å². The van der Waals surface area contributed by atoms with E-state index in [4.69, 9.17) is 14.5 Å². The normalized spacial score (nSPS) is 22.8. The first kappa shape index (κ1) is 12.7. The number of benzene rings is 1. The quantitative estimate of drug-likeness (QED) is 0.851. The van der Waals surface area contributed by atoms with Crippen LogP contribution in [0.4, 0.5) is 0 Å². The van der Waals surface area contributed by atoms with Crippen molar-refractivity contribution in [3.8, 4) is 0 Å². The van der Waals surface area contributed by atoms with Crippen LogP contribution in [-0.4, -0.2) is 42.0 Å². The van der Waals surface area contributed by atoms with Crippen molar-refractivity contribution in [3.05, 3.63) is 29.3 Å². The maximum Gasteiger partial charge on any atom is 0.170 e. The molecule has 0 saturated carbocycles. The molecule has 5 heteroatoms. The first-order chi connectivity index (χ1) is 9.83. The van der Waals surface area contributed by atoms with Gasteiger partial charge in [0.05, 0.1) is 30.0 Å². The smallest absolute Gasteiger partial charge is 0.170 e. The minimum atomic E-state index is -0.274. The molecule has 1 aromatic heterocycles. The topological polar surface area (TPSA) is 34.6 Å². The molecule has 0 N–H and O–H groups in total. The molecule has 2 aliphatic rings. The Hall–Kier alpha value is -1.01. The van der Waals surface area contributed by atoms with Crippen molar-refractivity contribution < 1.29 is 9.47 Å². The molecule has 0 radical (unpaired) electrons. The van der Waals surface area contributed by atoms with Crippen LogP contribution in [0.3, 0.4) is 0 Å². The molecule has 1 spiro atoms. The highest BCUT2D eigenvalue weighted by Gasteiger charge is 2.39. The van der Waals surface area contributed by atoms with Gasteiger partial charge in [-0.1, -0.05) is 12.1 Å². The minimum absolute atomic E-state index is 0.274. The summed E-state index contributed by atoms with van der Waals surface area (Å²) < 4.78 is 12.8. The van der Waals surface area contributed by atoms with Crippen LogP contribution in [-0.2, 0) is 16.0 Å². The molecule has 2 fully saturated rings. The van der Waals surface area contributed by atoms with Gasteiger partial charge in [0.25, 0.3) is 0 Å². The summed E-state index contributed by atoms with van der Waals surface area (Å²) in [5.41, 5.74) is 1.11. The van der Waals surface area contributed by atoms with E-state index in [1.807, 2.05) is 6.07 Å². The summed E-state index contributed by atoms with van der Waals surface area (Å²) in [6.45, 7) is 4.48. The van der Waals surface area contributed by atoms with Crippen molar-refractivity contribution in [2.24, 2.45) is 0 Å². The van der Waals surface area contributed by atoms with Crippen molar-refractivity contribution in [1.29, 1.82) is 0 Å². The average Bonchev–Trinajstić information content (AvgIpc) is 3.08. The molecule has 0 bridgehead atoms. The molecular formula is C15H18N2O2S.